The molecule has 0 saturated carbocycles. The Bertz CT molecular complexity index is 1240. The van der Waals surface area contributed by atoms with Crippen LogP contribution in [0.4, 0.5) is 10.1 Å². The highest BCUT2D eigenvalue weighted by atomic mass is 32.2. The number of methoxy groups -OCH3 is 1. The second kappa shape index (κ2) is 9.82. The highest BCUT2D eigenvalue weighted by Gasteiger charge is 2.25. The molecule has 164 valence electrons. The van der Waals surface area contributed by atoms with Crippen LogP contribution in [0.5, 0.6) is 5.75 Å². The molecule has 0 aliphatic rings. The van der Waals surface area contributed by atoms with E-state index in [2.05, 4.69) is 10.3 Å². The van der Waals surface area contributed by atoms with E-state index in [1.54, 1.807) is 31.6 Å². The van der Waals surface area contributed by atoms with E-state index in [1.165, 1.54) is 23.9 Å². The average molecular weight is 451 g/mol. The molecule has 32 heavy (non-hydrogen) atoms. The number of ether oxygens (including phenoxy) is 1. The van der Waals surface area contributed by atoms with Crippen LogP contribution in [0.1, 0.15) is 24.9 Å². The number of hydrogen-bond donors (Lipinski definition) is 1. The molecule has 4 aromatic rings. The number of hydrogen-bond acceptors (Lipinski definition) is 5. The zero-order chi connectivity index (χ0) is 22.5. The quantitative estimate of drug-likeness (QED) is 0.361. The second-order valence-corrected chi connectivity index (χ2v) is 8.14. The largest absolute Gasteiger partial charge is 0.497 e. The van der Waals surface area contributed by atoms with Gasteiger partial charge in [0.25, 0.3) is 0 Å². The van der Waals surface area contributed by atoms with E-state index in [4.69, 9.17) is 9.72 Å². The van der Waals surface area contributed by atoms with Crippen LogP contribution >= 0.6 is 11.8 Å². The van der Waals surface area contributed by atoms with Gasteiger partial charge in [-0.05, 0) is 42.3 Å². The van der Waals surface area contributed by atoms with Crippen molar-refractivity contribution in [1.29, 1.82) is 0 Å². The first kappa shape index (κ1) is 21.8. The summed E-state index contributed by atoms with van der Waals surface area (Å²) in [5.41, 5.74) is 3.04. The van der Waals surface area contributed by atoms with Crippen LogP contribution in [0, 0.1) is 5.82 Å². The average Bonchev–Trinajstić information content (AvgIpc) is 3.17. The number of nitrogens with one attached hydrogen (secondary N) is 1. The van der Waals surface area contributed by atoms with Gasteiger partial charge in [0.15, 0.2) is 5.16 Å². The zero-order valence-corrected chi connectivity index (χ0v) is 18.6. The summed E-state index contributed by atoms with van der Waals surface area (Å²) in [7, 11) is 1.59. The Balaban J connectivity index is 1.65. The molecule has 0 fully saturated rings. The molecule has 2 aromatic carbocycles. The zero-order valence-electron chi connectivity index (χ0n) is 17.8. The summed E-state index contributed by atoms with van der Waals surface area (Å²) in [5, 5.41) is 3.67. The van der Waals surface area contributed by atoms with E-state index < -0.39 is 6.04 Å². The third-order valence-electron chi connectivity index (χ3n) is 5.05. The molecule has 6 nitrogen and oxygen atoms in total. The lowest BCUT2D eigenvalue weighted by Gasteiger charge is -2.20. The third-order valence-corrected chi connectivity index (χ3v) is 6.08. The molecule has 2 aromatic heterocycles. The van der Waals surface area contributed by atoms with Gasteiger partial charge in [-0.15, -0.1) is 0 Å². The van der Waals surface area contributed by atoms with E-state index >= 15 is 0 Å². The Kier molecular flexibility index (Phi) is 6.70. The number of rotatable bonds is 8. The minimum Gasteiger partial charge on any atom is -0.497 e. The molecule has 0 aliphatic carbocycles. The molecule has 0 saturated heterocycles. The fourth-order valence-corrected chi connectivity index (χ4v) is 4.51. The van der Waals surface area contributed by atoms with Crippen LogP contribution < -0.4 is 10.1 Å². The van der Waals surface area contributed by atoms with E-state index in [-0.39, 0.29) is 11.7 Å². The molecule has 1 amide bonds. The van der Waals surface area contributed by atoms with Crippen molar-refractivity contribution in [2.45, 2.75) is 30.3 Å². The number of amides is 1. The molecule has 0 bridgehead atoms. The summed E-state index contributed by atoms with van der Waals surface area (Å²) in [5.74, 6) is 0.767. The van der Waals surface area contributed by atoms with E-state index in [1.807, 2.05) is 41.8 Å². The van der Waals surface area contributed by atoms with Crippen molar-refractivity contribution in [2.24, 2.45) is 0 Å². The van der Waals surface area contributed by atoms with Crippen molar-refractivity contribution >= 4 is 34.4 Å². The number of imidazole rings is 1. The fourth-order valence-electron chi connectivity index (χ4n) is 3.51. The molecule has 4 rings (SSSR count). The molecule has 1 N–H and O–H groups in total. The second-order valence-electron chi connectivity index (χ2n) is 7.19. The van der Waals surface area contributed by atoms with Crippen molar-refractivity contribution in [3.63, 3.8) is 0 Å². The van der Waals surface area contributed by atoms with Crippen LogP contribution in [0.3, 0.4) is 0 Å². The molecule has 2 heterocycles. The maximum atomic E-state index is 13.6. The summed E-state index contributed by atoms with van der Waals surface area (Å²) in [6.45, 7) is 1.96. The number of aromatic nitrogens is 3. The number of carbonyl (C=O) groups excluding carboxylic acids is 1. The summed E-state index contributed by atoms with van der Waals surface area (Å²) < 4.78 is 20.8. The first-order valence-corrected chi connectivity index (χ1v) is 11.2. The monoisotopic (exact) mass is 450 g/mol. The van der Waals surface area contributed by atoms with Crippen LogP contribution in [-0.4, -0.2) is 27.6 Å². The highest BCUT2D eigenvalue weighted by Crippen LogP contribution is 2.32. The molecule has 0 radical (unpaired) electrons. The van der Waals surface area contributed by atoms with Crippen LogP contribution in [0.25, 0.3) is 11.0 Å². The van der Waals surface area contributed by atoms with E-state index in [0.717, 1.165) is 16.6 Å². The summed E-state index contributed by atoms with van der Waals surface area (Å²) in [6, 6.07) is 15.1. The Labute approximate surface area is 189 Å². The minimum atomic E-state index is -0.495. The Morgan fingerprint density at radius 1 is 1.22 bits per heavy atom. The van der Waals surface area contributed by atoms with Gasteiger partial charge in [-0.1, -0.05) is 36.9 Å². The number of halogens is 1. The maximum Gasteiger partial charge on any atom is 0.247 e. The number of thioether (sulfide) groups is 1. The number of carbonyl (C=O) groups is 1. The predicted molar refractivity (Wildman–Crippen MR) is 124 cm³/mol. The normalized spacial score (nSPS) is 12.0. The topological polar surface area (TPSA) is 69.0 Å². The number of anilines is 1. The number of pyridine rings is 1. The Morgan fingerprint density at radius 3 is 2.84 bits per heavy atom. The SMILES string of the molecule is CC[C@H](C(=O)Nc1cccc(OC)c1)n1c(SCc2cccc(F)c2)nc2ccncc21. The molecule has 8 heteroatoms. The fraction of sp³-hybridized carbons (Fsp3) is 0.208. The predicted octanol–water partition coefficient (Wildman–Crippen LogP) is 5.46. The lowest BCUT2D eigenvalue weighted by Crippen LogP contribution is -2.26. The maximum absolute atomic E-state index is 13.6. The van der Waals surface area contributed by atoms with Gasteiger partial charge in [-0.25, -0.2) is 9.37 Å². The lowest BCUT2D eigenvalue weighted by molar-refractivity contribution is -0.119. The van der Waals surface area contributed by atoms with Gasteiger partial charge in [0, 0.05) is 23.7 Å². The standard InChI is InChI=1S/C24H23FN4O2S/c1-3-21(23(30)27-18-8-5-9-19(13-18)31-2)29-22-14-26-11-10-20(22)28-24(29)32-15-16-6-4-7-17(25)12-16/h4-14,21H,3,15H2,1-2H3,(H,27,30)/t21-/m1/s1. The van der Waals surface area contributed by atoms with Gasteiger partial charge in [-0.3, -0.25) is 9.78 Å². The van der Waals surface area contributed by atoms with Crippen molar-refractivity contribution in [2.75, 3.05) is 12.4 Å². The highest BCUT2D eigenvalue weighted by molar-refractivity contribution is 7.98. The van der Waals surface area contributed by atoms with Crippen molar-refractivity contribution in [1.82, 2.24) is 14.5 Å². The molecule has 1 atom stereocenters. The summed E-state index contributed by atoms with van der Waals surface area (Å²) >= 11 is 1.47. The first-order chi connectivity index (χ1) is 15.6. The van der Waals surface area contributed by atoms with Gasteiger partial charge >= 0.3 is 0 Å². The lowest BCUT2D eigenvalue weighted by atomic mass is 10.2. The first-order valence-electron chi connectivity index (χ1n) is 10.2. The van der Waals surface area contributed by atoms with Crippen LogP contribution in [-0.2, 0) is 10.5 Å². The molecule has 0 spiro atoms. The molecule has 0 aliphatic heterocycles. The molecular formula is C24H23FN4O2S. The minimum absolute atomic E-state index is 0.156. The Hall–Kier alpha value is -3.39. The van der Waals surface area contributed by atoms with Crippen LogP contribution in [0.2, 0.25) is 0 Å². The number of benzene rings is 2. The number of fused-ring (bicyclic) bond motifs is 1. The smallest absolute Gasteiger partial charge is 0.247 e. The van der Waals surface area contributed by atoms with Gasteiger partial charge in [0.05, 0.1) is 24.3 Å². The van der Waals surface area contributed by atoms with E-state index in [0.29, 0.717) is 28.8 Å². The van der Waals surface area contributed by atoms with Crippen molar-refractivity contribution < 1.29 is 13.9 Å². The summed E-state index contributed by atoms with van der Waals surface area (Å²) in [6.07, 6.45) is 3.96. The Morgan fingerprint density at radius 2 is 2.06 bits per heavy atom. The number of nitrogens with zero attached hydrogens (tertiary/aromatic N) is 3. The van der Waals surface area contributed by atoms with Gasteiger partial charge < -0.3 is 14.6 Å². The summed E-state index contributed by atoms with van der Waals surface area (Å²) in [4.78, 5) is 22.2. The van der Waals surface area contributed by atoms with Gasteiger partial charge in [-0.2, -0.15) is 0 Å². The molecular weight excluding hydrogens is 427 g/mol. The third kappa shape index (κ3) is 4.75. The van der Waals surface area contributed by atoms with E-state index in [9.17, 15) is 9.18 Å². The molecule has 0 unspecified atom stereocenters. The van der Waals surface area contributed by atoms with Crippen molar-refractivity contribution in [3.8, 4) is 5.75 Å². The van der Waals surface area contributed by atoms with Crippen molar-refractivity contribution in [3.05, 3.63) is 78.4 Å². The van der Waals surface area contributed by atoms with Gasteiger partial charge in [0.2, 0.25) is 5.91 Å². The van der Waals surface area contributed by atoms with Gasteiger partial charge in [0.1, 0.15) is 17.6 Å². The van der Waals surface area contributed by atoms with Crippen LogP contribution in [0.15, 0.2) is 72.1 Å².